The second-order valence-corrected chi connectivity index (χ2v) is 8.84. The van der Waals surface area contributed by atoms with Crippen molar-refractivity contribution < 1.29 is 9.31 Å². The van der Waals surface area contributed by atoms with Crippen LogP contribution in [0.4, 0.5) is 0 Å². The molecular formula is C20H27BN2O2. The highest BCUT2D eigenvalue weighted by molar-refractivity contribution is 6.62. The average Bonchev–Trinajstić information content (AvgIpc) is 2.75. The molecule has 1 saturated heterocycles. The lowest BCUT2D eigenvalue weighted by molar-refractivity contribution is 0.00578. The second-order valence-electron chi connectivity index (χ2n) is 8.84. The molecule has 0 radical (unpaired) electrons. The van der Waals surface area contributed by atoms with Crippen LogP contribution in [0, 0.1) is 17.9 Å². The Morgan fingerprint density at radius 3 is 1.92 bits per heavy atom. The SMILES string of the molecule is [C-]#[N+]C(C)(C)c1cc(B2OC(C)(C)C(C)(C)O2)cc(C(C)(C)C#N)c1. The Bertz CT molecular complexity index is 707. The highest BCUT2D eigenvalue weighted by Gasteiger charge is 2.52. The lowest BCUT2D eigenvalue weighted by Crippen LogP contribution is -2.41. The molecule has 1 aromatic carbocycles. The summed E-state index contributed by atoms with van der Waals surface area (Å²) in [4.78, 5) is 3.75. The highest BCUT2D eigenvalue weighted by atomic mass is 16.7. The first-order valence-corrected chi connectivity index (χ1v) is 8.57. The van der Waals surface area contributed by atoms with Gasteiger partial charge in [-0.15, -0.1) is 0 Å². The number of nitriles is 1. The first kappa shape index (κ1) is 19.5. The fourth-order valence-electron chi connectivity index (χ4n) is 2.61. The summed E-state index contributed by atoms with van der Waals surface area (Å²) in [5.41, 5.74) is 0.377. The van der Waals surface area contributed by atoms with Crippen molar-refractivity contribution in [2.24, 2.45) is 0 Å². The van der Waals surface area contributed by atoms with E-state index >= 15 is 0 Å². The number of nitrogens with zero attached hydrogens (tertiary/aromatic N) is 2. The van der Waals surface area contributed by atoms with Gasteiger partial charge in [0.1, 0.15) is 0 Å². The molecule has 0 N–H and O–H groups in total. The van der Waals surface area contributed by atoms with Crippen LogP contribution in [0.3, 0.4) is 0 Å². The molecule has 1 aliphatic rings. The van der Waals surface area contributed by atoms with Crippen molar-refractivity contribution in [3.05, 3.63) is 40.7 Å². The van der Waals surface area contributed by atoms with Crippen LogP contribution in [-0.2, 0) is 20.3 Å². The van der Waals surface area contributed by atoms with Gasteiger partial charge in [-0.1, -0.05) is 12.1 Å². The van der Waals surface area contributed by atoms with Gasteiger partial charge in [0, 0.05) is 19.4 Å². The molecule has 0 unspecified atom stereocenters. The zero-order valence-corrected chi connectivity index (χ0v) is 16.5. The molecule has 25 heavy (non-hydrogen) atoms. The van der Waals surface area contributed by atoms with Gasteiger partial charge in [0.05, 0.1) is 22.7 Å². The Morgan fingerprint density at radius 1 is 1.00 bits per heavy atom. The van der Waals surface area contributed by atoms with Gasteiger partial charge in [-0.3, -0.25) is 0 Å². The van der Waals surface area contributed by atoms with Gasteiger partial charge in [-0.05, 0) is 58.6 Å². The summed E-state index contributed by atoms with van der Waals surface area (Å²) in [6, 6.07) is 8.24. The van der Waals surface area contributed by atoms with Crippen LogP contribution in [0.1, 0.15) is 66.5 Å². The maximum Gasteiger partial charge on any atom is 0.494 e. The molecule has 0 amide bonds. The van der Waals surface area contributed by atoms with Crippen molar-refractivity contribution >= 4 is 12.6 Å². The van der Waals surface area contributed by atoms with Crippen LogP contribution in [0.2, 0.25) is 0 Å². The fraction of sp³-hybridized carbons (Fsp3) is 0.600. The maximum absolute atomic E-state index is 9.55. The van der Waals surface area contributed by atoms with Crippen LogP contribution >= 0.6 is 0 Å². The molecule has 5 heteroatoms. The van der Waals surface area contributed by atoms with Gasteiger partial charge in [-0.2, -0.15) is 5.26 Å². The van der Waals surface area contributed by atoms with Gasteiger partial charge in [-0.25, -0.2) is 6.57 Å². The molecule has 2 rings (SSSR count). The summed E-state index contributed by atoms with van der Waals surface area (Å²) in [5, 5.41) is 9.55. The number of hydrogen-bond acceptors (Lipinski definition) is 3. The monoisotopic (exact) mass is 338 g/mol. The Hall–Kier alpha value is -1.82. The number of benzene rings is 1. The predicted octanol–water partition coefficient (Wildman–Crippen LogP) is 3.94. The number of rotatable bonds is 3. The van der Waals surface area contributed by atoms with Gasteiger partial charge in [0.2, 0.25) is 0 Å². The Labute approximate surface area is 152 Å². The zero-order chi connectivity index (χ0) is 19.3. The van der Waals surface area contributed by atoms with E-state index in [4.69, 9.17) is 15.9 Å². The fourth-order valence-corrected chi connectivity index (χ4v) is 2.61. The average molecular weight is 338 g/mol. The largest absolute Gasteiger partial charge is 0.494 e. The van der Waals surface area contributed by atoms with E-state index in [9.17, 15) is 5.26 Å². The Morgan fingerprint density at radius 2 is 1.48 bits per heavy atom. The van der Waals surface area contributed by atoms with E-state index in [2.05, 4.69) is 10.9 Å². The van der Waals surface area contributed by atoms with Crippen LogP contribution in [0.5, 0.6) is 0 Å². The minimum absolute atomic E-state index is 0.437. The molecule has 132 valence electrons. The van der Waals surface area contributed by atoms with E-state index in [1.54, 1.807) is 0 Å². The van der Waals surface area contributed by atoms with Gasteiger partial charge < -0.3 is 14.2 Å². The molecule has 0 spiro atoms. The third-order valence-electron chi connectivity index (χ3n) is 5.47. The van der Waals surface area contributed by atoms with Crippen LogP contribution in [0.15, 0.2) is 18.2 Å². The maximum atomic E-state index is 9.55. The second kappa shape index (κ2) is 5.87. The lowest BCUT2D eigenvalue weighted by Gasteiger charge is -2.32. The predicted molar refractivity (Wildman–Crippen MR) is 100 cm³/mol. The molecule has 1 aromatic rings. The van der Waals surface area contributed by atoms with E-state index in [1.165, 1.54) is 0 Å². The molecule has 0 saturated carbocycles. The molecule has 0 aromatic heterocycles. The summed E-state index contributed by atoms with van der Waals surface area (Å²) >= 11 is 0. The minimum Gasteiger partial charge on any atom is -0.399 e. The molecule has 4 nitrogen and oxygen atoms in total. The summed E-state index contributed by atoms with van der Waals surface area (Å²) in [7, 11) is -0.514. The molecule has 1 heterocycles. The molecule has 1 aliphatic heterocycles. The summed E-state index contributed by atoms with van der Waals surface area (Å²) in [5.74, 6) is 0. The molecular weight excluding hydrogens is 311 g/mol. The van der Waals surface area contributed by atoms with Crippen LogP contribution in [0.25, 0.3) is 4.85 Å². The normalized spacial score (nSPS) is 19.4. The topological polar surface area (TPSA) is 46.6 Å². The van der Waals surface area contributed by atoms with E-state index in [0.717, 1.165) is 16.6 Å². The van der Waals surface area contributed by atoms with Crippen LogP contribution < -0.4 is 5.46 Å². The smallest absolute Gasteiger partial charge is 0.399 e. The summed E-state index contributed by atoms with van der Waals surface area (Å²) in [6.45, 7) is 23.1. The molecule has 0 bridgehead atoms. The lowest BCUT2D eigenvalue weighted by atomic mass is 9.72. The minimum atomic E-state index is -0.681. The van der Waals surface area contributed by atoms with E-state index in [0.29, 0.717) is 0 Å². The van der Waals surface area contributed by atoms with Crippen LogP contribution in [-0.4, -0.2) is 18.3 Å². The Balaban J connectivity index is 2.60. The van der Waals surface area contributed by atoms with Gasteiger partial charge in [0.25, 0.3) is 5.54 Å². The molecule has 1 fully saturated rings. The zero-order valence-electron chi connectivity index (χ0n) is 16.5. The van der Waals surface area contributed by atoms with E-state index in [1.807, 2.05) is 73.6 Å². The quantitative estimate of drug-likeness (QED) is 0.619. The number of hydrogen-bond donors (Lipinski definition) is 0. The van der Waals surface area contributed by atoms with Crippen molar-refractivity contribution in [3.8, 4) is 6.07 Å². The highest BCUT2D eigenvalue weighted by Crippen LogP contribution is 2.37. The Kier molecular flexibility index (Phi) is 4.58. The van der Waals surface area contributed by atoms with Gasteiger partial charge in [0.15, 0.2) is 0 Å². The van der Waals surface area contributed by atoms with E-state index < -0.39 is 29.3 Å². The van der Waals surface area contributed by atoms with E-state index in [-0.39, 0.29) is 0 Å². The first-order valence-electron chi connectivity index (χ1n) is 8.57. The summed E-state index contributed by atoms with van der Waals surface area (Å²) < 4.78 is 12.3. The van der Waals surface area contributed by atoms with Crippen molar-refractivity contribution in [1.82, 2.24) is 0 Å². The van der Waals surface area contributed by atoms with Crippen molar-refractivity contribution in [1.29, 1.82) is 5.26 Å². The molecule has 0 aliphatic carbocycles. The van der Waals surface area contributed by atoms with Crippen molar-refractivity contribution in [2.75, 3.05) is 0 Å². The summed E-state index contributed by atoms with van der Waals surface area (Å²) in [6.07, 6.45) is 0. The molecule has 0 atom stereocenters. The van der Waals surface area contributed by atoms with Crippen molar-refractivity contribution in [3.63, 3.8) is 0 Å². The third kappa shape index (κ3) is 3.45. The third-order valence-corrected chi connectivity index (χ3v) is 5.47. The van der Waals surface area contributed by atoms with Crippen molar-refractivity contribution in [2.45, 2.75) is 77.5 Å². The van der Waals surface area contributed by atoms with Gasteiger partial charge >= 0.3 is 7.12 Å². The standard InChI is InChI=1S/C20H27BN2O2/c1-17(2,13-22)14-10-15(18(3,4)23-9)12-16(11-14)21-24-19(5,6)20(7,8)25-21/h10-12H,1-8H3. The first-order chi connectivity index (χ1) is 11.3.